The first-order valence-corrected chi connectivity index (χ1v) is 23.1. The Morgan fingerprint density at radius 3 is 1.88 bits per heavy atom. The van der Waals surface area contributed by atoms with Crippen LogP contribution in [0.5, 0.6) is 0 Å². The SMILES string of the molecule is Cc1ccc(N(C2=CCCC=C2)C2=CC3=C4C(C2)c2cc(N(C5=CC=CCC5)c5ccc(C#N)cc5)ccc2N4c2ccc(N(c4ccccc4)c4ccc(C#N)cc4)cc2C3(C)C)cc1. The largest absolute Gasteiger partial charge is 0.315 e. The van der Waals surface area contributed by atoms with Gasteiger partial charge in [0.05, 0.1) is 29.0 Å². The summed E-state index contributed by atoms with van der Waals surface area (Å²) in [7, 11) is 0. The highest BCUT2D eigenvalue weighted by molar-refractivity contribution is 5.90. The predicted octanol–water partition coefficient (Wildman–Crippen LogP) is 15.4. The number of fused-ring (bicyclic) bond motifs is 5. The van der Waals surface area contributed by atoms with Gasteiger partial charge < -0.3 is 19.6 Å². The minimum Gasteiger partial charge on any atom is -0.315 e. The van der Waals surface area contributed by atoms with E-state index in [0.29, 0.717) is 11.1 Å². The minimum absolute atomic E-state index is 0.0886. The second-order valence-corrected chi connectivity index (χ2v) is 18.3. The van der Waals surface area contributed by atoms with Crippen molar-refractivity contribution in [1.82, 2.24) is 0 Å². The van der Waals surface area contributed by atoms with Gasteiger partial charge in [0, 0.05) is 80.4 Å². The third-order valence-electron chi connectivity index (χ3n) is 13.9. The Kier molecular flexibility index (Phi) is 10.2. The molecular formula is C60H50N6. The molecule has 2 heterocycles. The van der Waals surface area contributed by atoms with Gasteiger partial charge in [-0.05, 0) is 177 Å². The number of aryl methyl sites for hydroxylation is 1. The molecule has 5 aliphatic rings. The molecule has 3 aliphatic carbocycles. The molecule has 0 spiro atoms. The van der Waals surface area contributed by atoms with E-state index in [1.54, 1.807) is 0 Å². The first-order valence-electron chi connectivity index (χ1n) is 23.1. The highest BCUT2D eigenvalue weighted by atomic mass is 15.2. The van der Waals surface area contributed by atoms with Crippen molar-refractivity contribution in [3.8, 4) is 12.1 Å². The van der Waals surface area contributed by atoms with Crippen molar-refractivity contribution < 1.29 is 0 Å². The van der Waals surface area contributed by atoms with Crippen molar-refractivity contribution in [2.45, 2.75) is 64.2 Å². The van der Waals surface area contributed by atoms with Gasteiger partial charge in [-0.1, -0.05) is 74.0 Å². The molecule has 0 bridgehead atoms. The van der Waals surface area contributed by atoms with Crippen molar-refractivity contribution in [2.24, 2.45) is 0 Å². The molecule has 1 atom stereocenters. The zero-order valence-corrected chi connectivity index (χ0v) is 37.6. The zero-order chi connectivity index (χ0) is 44.9. The fraction of sp³-hybridized carbons (Fsp3) is 0.167. The van der Waals surface area contributed by atoms with Crippen LogP contribution in [0.4, 0.5) is 45.5 Å². The molecule has 6 aromatic carbocycles. The number of para-hydroxylation sites is 1. The third kappa shape index (κ3) is 6.94. The molecule has 320 valence electrons. The first kappa shape index (κ1) is 40.7. The molecule has 6 aromatic rings. The Bertz CT molecular complexity index is 3170. The van der Waals surface area contributed by atoms with E-state index in [2.05, 4.69) is 198 Å². The number of anilines is 8. The molecule has 0 radical (unpaired) electrons. The molecule has 66 heavy (non-hydrogen) atoms. The minimum atomic E-state index is -0.386. The average molecular weight is 855 g/mol. The highest BCUT2D eigenvalue weighted by Crippen LogP contribution is 2.62. The van der Waals surface area contributed by atoms with Crippen molar-refractivity contribution in [3.63, 3.8) is 0 Å². The summed E-state index contributed by atoms with van der Waals surface area (Å²) in [4.78, 5) is 9.76. The predicted molar refractivity (Wildman–Crippen MR) is 270 cm³/mol. The van der Waals surface area contributed by atoms with Crippen LogP contribution in [0, 0.1) is 29.6 Å². The maximum Gasteiger partial charge on any atom is 0.0991 e. The summed E-state index contributed by atoms with van der Waals surface area (Å²) >= 11 is 0. The molecular weight excluding hydrogens is 805 g/mol. The highest BCUT2D eigenvalue weighted by Gasteiger charge is 2.48. The molecule has 0 N–H and O–H groups in total. The van der Waals surface area contributed by atoms with Gasteiger partial charge in [-0.15, -0.1) is 0 Å². The Morgan fingerprint density at radius 2 is 1.23 bits per heavy atom. The fourth-order valence-electron chi connectivity index (χ4n) is 10.6. The summed E-state index contributed by atoms with van der Waals surface area (Å²) < 4.78 is 0. The molecule has 2 aliphatic heterocycles. The summed E-state index contributed by atoms with van der Waals surface area (Å²) in [6.45, 7) is 6.96. The monoisotopic (exact) mass is 854 g/mol. The Labute approximate surface area is 388 Å². The van der Waals surface area contributed by atoms with Crippen LogP contribution in [0.3, 0.4) is 0 Å². The summed E-state index contributed by atoms with van der Waals surface area (Å²) in [5.41, 5.74) is 19.9. The molecule has 11 rings (SSSR count). The number of hydrogen-bond donors (Lipinski definition) is 0. The maximum absolute atomic E-state index is 9.70. The number of rotatable bonds is 9. The number of nitrogens with zero attached hydrogens (tertiary/aromatic N) is 6. The Hall–Kier alpha value is -8.06. The van der Waals surface area contributed by atoms with Crippen LogP contribution in [0.2, 0.25) is 0 Å². The summed E-state index contributed by atoms with van der Waals surface area (Å²) in [6, 6.07) is 54.0. The molecule has 6 nitrogen and oxygen atoms in total. The molecule has 0 saturated heterocycles. The van der Waals surface area contributed by atoms with Crippen LogP contribution in [0.15, 0.2) is 210 Å². The van der Waals surface area contributed by atoms with Gasteiger partial charge in [0.15, 0.2) is 0 Å². The molecule has 6 heteroatoms. The number of hydrogen-bond acceptors (Lipinski definition) is 6. The lowest BCUT2D eigenvalue weighted by atomic mass is 9.69. The van der Waals surface area contributed by atoms with Gasteiger partial charge in [-0.2, -0.15) is 10.5 Å². The molecule has 0 amide bonds. The van der Waals surface area contributed by atoms with Gasteiger partial charge in [0.25, 0.3) is 0 Å². The van der Waals surface area contributed by atoms with Crippen molar-refractivity contribution in [1.29, 1.82) is 10.5 Å². The number of allylic oxidation sites excluding steroid dienone is 11. The van der Waals surface area contributed by atoms with E-state index in [1.165, 1.54) is 62.1 Å². The van der Waals surface area contributed by atoms with E-state index in [9.17, 15) is 10.5 Å². The lowest BCUT2D eigenvalue weighted by Gasteiger charge is -2.45. The standard InChI is InChI=1S/C60H50N6/c1-41-19-25-47(26-20-41)65(46-17-11-6-12-18-46)52-36-54-53-35-50(63(44-13-7-4-8-14-44)48-27-21-42(39-61)22-28-48)31-33-57(53)66-58-34-32-51(37-55(58)60(2,3)56(38-52)59(54)66)64(45-15-9-5-10-16-45)49-29-23-43(40-62)24-30-49/h4-5,7,9-11,13,15-35,37-38,54H,6,8,12,14,36H2,1-3H3. The van der Waals surface area contributed by atoms with E-state index in [4.69, 9.17) is 0 Å². The van der Waals surface area contributed by atoms with Crippen LogP contribution in [-0.4, -0.2) is 0 Å². The number of benzene rings is 6. The van der Waals surface area contributed by atoms with Crippen molar-refractivity contribution in [2.75, 3.05) is 19.6 Å². The quantitative estimate of drug-likeness (QED) is 0.144. The van der Waals surface area contributed by atoms with Gasteiger partial charge in [0.1, 0.15) is 0 Å². The Balaban J connectivity index is 1.12. The second kappa shape index (κ2) is 16.5. The van der Waals surface area contributed by atoms with Gasteiger partial charge in [0.2, 0.25) is 0 Å². The maximum atomic E-state index is 9.70. The topological polar surface area (TPSA) is 60.5 Å². The van der Waals surface area contributed by atoms with Gasteiger partial charge in [-0.25, -0.2) is 0 Å². The van der Waals surface area contributed by atoms with Crippen LogP contribution in [0.25, 0.3) is 0 Å². The van der Waals surface area contributed by atoms with Crippen molar-refractivity contribution in [3.05, 3.63) is 238 Å². The van der Waals surface area contributed by atoms with Crippen LogP contribution in [0.1, 0.15) is 79.7 Å². The van der Waals surface area contributed by atoms with Crippen LogP contribution >= 0.6 is 0 Å². The zero-order valence-electron chi connectivity index (χ0n) is 37.6. The Morgan fingerprint density at radius 1 is 0.606 bits per heavy atom. The molecule has 0 aromatic heterocycles. The van der Waals surface area contributed by atoms with Gasteiger partial charge >= 0.3 is 0 Å². The normalized spacial score (nSPS) is 17.3. The molecule has 0 fully saturated rings. The van der Waals surface area contributed by atoms with E-state index in [0.717, 1.165) is 60.5 Å². The summed E-state index contributed by atoms with van der Waals surface area (Å²) in [6.07, 6.45) is 20.9. The van der Waals surface area contributed by atoms with Crippen LogP contribution in [-0.2, 0) is 5.41 Å². The first-order chi connectivity index (χ1) is 32.3. The summed E-state index contributed by atoms with van der Waals surface area (Å²) in [5, 5.41) is 19.4. The second-order valence-electron chi connectivity index (χ2n) is 18.3. The average Bonchev–Trinajstić information content (AvgIpc) is 3.69. The molecule has 0 saturated carbocycles. The van der Waals surface area contributed by atoms with E-state index in [-0.39, 0.29) is 11.3 Å². The van der Waals surface area contributed by atoms with E-state index >= 15 is 0 Å². The fourth-order valence-corrected chi connectivity index (χ4v) is 10.6. The summed E-state index contributed by atoms with van der Waals surface area (Å²) in [5.74, 6) is 0.0886. The van der Waals surface area contributed by atoms with Crippen molar-refractivity contribution >= 4 is 45.5 Å². The lowest BCUT2D eigenvalue weighted by Crippen LogP contribution is -2.36. The number of nitriles is 2. The van der Waals surface area contributed by atoms with Gasteiger partial charge in [-0.3, -0.25) is 0 Å². The third-order valence-corrected chi connectivity index (χ3v) is 13.9. The molecule has 1 unspecified atom stereocenters. The van der Waals surface area contributed by atoms with Crippen LogP contribution < -0.4 is 19.6 Å². The van der Waals surface area contributed by atoms with E-state index < -0.39 is 0 Å². The smallest absolute Gasteiger partial charge is 0.0991 e. The lowest BCUT2D eigenvalue weighted by molar-refractivity contribution is 0.590. The van der Waals surface area contributed by atoms with E-state index in [1.807, 2.05) is 36.4 Å².